The molecule has 0 aliphatic rings. The highest BCUT2D eigenvalue weighted by molar-refractivity contribution is 7.71. The van der Waals surface area contributed by atoms with Crippen molar-refractivity contribution in [1.82, 2.24) is 14.9 Å². The van der Waals surface area contributed by atoms with E-state index in [-0.39, 0.29) is 5.82 Å². The van der Waals surface area contributed by atoms with Gasteiger partial charge in [-0.15, -0.1) is 0 Å². The van der Waals surface area contributed by atoms with Crippen molar-refractivity contribution in [3.63, 3.8) is 0 Å². The van der Waals surface area contributed by atoms with E-state index < -0.39 is 0 Å². The fraction of sp³-hybridized carbons (Fsp3) is 0. The number of halogens is 1. The van der Waals surface area contributed by atoms with E-state index >= 15 is 0 Å². The summed E-state index contributed by atoms with van der Waals surface area (Å²) in [5.41, 5.74) is 1.80. The van der Waals surface area contributed by atoms with Crippen LogP contribution in [0.2, 0.25) is 0 Å². The van der Waals surface area contributed by atoms with Crippen molar-refractivity contribution in [3.8, 4) is 11.4 Å². The maximum atomic E-state index is 13.0. The molecule has 0 saturated heterocycles. The maximum absolute atomic E-state index is 13.0. The van der Waals surface area contributed by atoms with Crippen molar-refractivity contribution in [2.75, 3.05) is 0 Å². The first-order valence-corrected chi connectivity index (χ1v) is 7.34. The maximum Gasteiger partial charge on any atom is 0.216 e. The highest BCUT2D eigenvalue weighted by Gasteiger charge is 2.07. The molecule has 23 heavy (non-hydrogen) atoms. The van der Waals surface area contributed by atoms with Gasteiger partial charge in [-0.2, -0.15) is 14.9 Å². The van der Waals surface area contributed by atoms with E-state index in [4.69, 9.17) is 12.2 Å². The molecule has 0 amide bonds. The number of hydrogen-bond acceptors (Lipinski definition) is 3. The Labute approximate surface area is 137 Å². The molecule has 114 valence electrons. The van der Waals surface area contributed by atoms with Gasteiger partial charge in [-0.05, 0) is 48.1 Å². The Bertz CT molecular complexity index is 892. The molecule has 3 rings (SSSR count). The third-order valence-corrected chi connectivity index (χ3v) is 3.37. The largest absolute Gasteiger partial charge is 0.250 e. The molecule has 0 bridgehead atoms. The third-order valence-electron chi connectivity index (χ3n) is 3.11. The molecule has 4 nitrogen and oxygen atoms in total. The normalized spacial score (nSPS) is 11.5. The minimum Gasteiger partial charge on any atom is -0.250 e. The Morgan fingerprint density at radius 2 is 1.83 bits per heavy atom. The zero-order valence-corrected chi connectivity index (χ0v) is 12.9. The molecular formula is C17H13FN4S. The van der Waals surface area contributed by atoms with E-state index in [1.165, 1.54) is 16.8 Å². The van der Waals surface area contributed by atoms with Crippen LogP contribution in [0, 0.1) is 10.6 Å². The summed E-state index contributed by atoms with van der Waals surface area (Å²) in [6.45, 7) is 0. The number of rotatable bonds is 4. The summed E-state index contributed by atoms with van der Waals surface area (Å²) < 4.78 is 14.9. The van der Waals surface area contributed by atoms with E-state index in [0.717, 1.165) is 11.1 Å². The highest BCUT2D eigenvalue weighted by Crippen LogP contribution is 2.17. The van der Waals surface area contributed by atoms with Gasteiger partial charge in [0.1, 0.15) is 5.82 Å². The minimum atomic E-state index is -0.302. The standard InChI is InChI=1S/C17H13FN4S/c18-15-10-8-14(9-11-15)16-20-21-17(23)22(16)19-12-4-7-13-5-2-1-3-6-13/h1-12H,(H,21,23)/b7-4+,19-12-. The molecule has 0 aliphatic carbocycles. The van der Waals surface area contributed by atoms with Crippen molar-refractivity contribution in [3.05, 3.63) is 76.8 Å². The molecule has 1 aromatic heterocycles. The van der Waals surface area contributed by atoms with Gasteiger partial charge < -0.3 is 0 Å². The Morgan fingerprint density at radius 3 is 2.57 bits per heavy atom. The number of H-pyrrole nitrogens is 1. The van der Waals surface area contributed by atoms with Gasteiger partial charge >= 0.3 is 0 Å². The summed E-state index contributed by atoms with van der Waals surface area (Å²) >= 11 is 5.17. The smallest absolute Gasteiger partial charge is 0.216 e. The lowest BCUT2D eigenvalue weighted by Crippen LogP contribution is -1.93. The van der Waals surface area contributed by atoms with Crippen LogP contribution in [0.3, 0.4) is 0 Å². The van der Waals surface area contributed by atoms with Crippen molar-refractivity contribution < 1.29 is 4.39 Å². The first-order valence-electron chi connectivity index (χ1n) is 6.93. The molecule has 0 aliphatic heterocycles. The fourth-order valence-corrected chi connectivity index (χ4v) is 2.19. The van der Waals surface area contributed by atoms with E-state index in [1.54, 1.807) is 18.3 Å². The van der Waals surface area contributed by atoms with Crippen LogP contribution in [-0.4, -0.2) is 21.1 Å². The zero-order valence-electron chi connectivity index (χ0n) is 12.1. The van der Waals surface area contributed by atoms with E-state index in [2.05, 4.69) is 15.3 Å². The second-order valence-electron chi connectivity index (χ2n) is 4.71. The lowest BCUT2D eigenvalue weighted by molar-refractivity contribution is 0.628. The molecule has 3 aromatic rings. The molecule has 2 aromatic carbocycles. The van der Waals surface area contributed by atoms with Gasteiger partial charge in [-0.1, -0.05) is 36.4 Å². The first-order chi connectivity index (χ1) is 11.2. The molecule has 1 N–H and O–H groups in total. The van der Waals surface area contributed by atoms with E-state index in [1.807, 2.05) is 42.5 Å². The molecule has 0 atom stereocenters. The number of aromatic nitrogens is 3. The first kappa shape index (κ1) is 15.1. The monoisotopic (exact) mass is 324 g/mol. The molecule has 0 unspecified atom stereocenters. The fourth-order valence-electron chi connectivity index (χ4n) is 2.01. The molecule has 0 spiro atoms. The number of benzene rings is 2. The van der Waals surface area contributed by atoms with Crippen molar-refractivity contribution in [1.29, 1.82) is 0 Å². The number of nitrogens with one attached hydrogen (secondary N) is 1. The van der Waals surface area contributed by atoms with E-state index in [9.17, 15) is 4.39 Å². The Morgan fingerprint density at radius 1 is 1.09 bits per heavy atom. The number of aromatic amines is 1. The molecule has 0 radical (unpaired) electrons. The Balaban J connectivity index is 1.84. The lowest BCUT2D eigenvalue weighted by Gasteiger charge is -2.00. The van der Waals surface area contributed by atoms with Crippen LogP contribution in [0.1, 0.15) is 5.56 Å². The summed E-state index contributed by atoms with van der Waals surface area (Å²) in [7, 11) is 0. The van der Waals surface area contributed by atoms with Gasteiger partial charge in [-0.25, -0.2) is 9.49 Å². The van der Waals surface area contributed by atoms with Crippen molar-refractivity contribution >= 4 is 24.5 Å². The lowest BCUT2D eigenvalue weighted by atomic mass is 10.2. The third kappa shape index (κ3) is 3.67. The summed E-state index contributed by atoms with van der Waals surface area (Å²) in [4.78, 5) is 0. The van der Waals surface area contributed by atoms with Gasteiger partial charge in [0.05, 0.1) is 0 Å². The van der Waals surface area contributed by atoms with Crippen molar-refractivity contribution in [2.45, 2.75) is 0 Å². The SMILES string of the molecule is Fc1ccc(-c2n[nH]c(=S)n2/N=C\C=C\c2ccccc2)cc1. The van der Waals surface area contributed by atoms with Gasteiger partial charge in [0, 0.05) is 11.8 Å². The zero-order chi connectivity index (χ0) is 16.1. The summed E-state index contributed by atoms with van der Waals surface area (Å²) in [6, 6.07) is 15.9. The van der Waals surface area contributed by atoms with Crippen LogP contribution in [0.5, 0.6) is 0 Å². The molecule has 0 fully saturated rings. The second-order valence-corrected chi connectivity index (χ2v) is 5.09. The van der Waals surface area contributed by atoms with Gasteiger partial charge in [0.15, 0.2) is 5.82 Å². The van der Waals surface area contributed by atoms with Crippen LogP contribution in [0.4, 0.5) is 4.39 Å². The van der Waals surface area contributed by atoms with Gasteiger partial charge in [-0.3, -0.25) is 0 Å². The second kappa shape index (κ2) is 6.93. The van der Waals surface area contributed by atoms with E-state index in [0.29, 0.717) is 10.6 Å². The number of hydrogen-bond donors (Lipinski definition) is 1. The van der Waals surface area contributed by atoms with Gasteiger partial charge in [0.2, 0.25) is 4.77 Å². The summed E-state index contributed by atoms with van der Waals surface area (Å²) in [6.07, 6.45) is 5.38. The summed E-state index contributed by atoms with van der Waals surface area (Å²) in [5.74, 6) is 0.225. The Hall–Kier alpha value is -2.86. The Kier molecular flexibility index (Phi) is 4.54. The quantitative estimate of drug-likeness (QED) is 0.575. The van der Waals surface area contributed by atoms with Crippen LogP contribution in [-0.2, 0) is 0 Å². The number of allylic oxidation sites excluding steroid dienone is 1. The highest BCUT2D eigenvalue weighted by atomic mass is 32.1. The molecular weight excluding hydrogens is 311 g/mol. The molecule has 1 heterocycles. The van der Waals surface area contributed by atoms with Gasteiger partial charge in [0.25, 0.3) is 0 Å². The predicted molar refractivity (Wildman–Crippen MR) is 92.2 cm³/mol. The molecule has 0 saturated carbocycles. The minimum absolute atomic E-state index is 0.302. The average molecular weight is 324 g/mol. The van der Waals surface area contributed by atoms with Crippen molar-refractivity contribution in [2.24, 2.45) is 5.10 Å². The topological polar surface area (TPSA) is 46.0 Å². The molecule has 6 heteroatoms. The summed E-state index contributed by atoms with van der Waals surface area (Å²) in [5, 5.41) is 11.1. The van der Waals surface area contributed by atoms with Crippen LogP contribution < -0.4 is 0 Å². The van der Waals surface area contributed by atoms with Crippen LogP contribution >= 0.6 is 12.2 Å². The van der Waals surface area contributed by atoms with Crippen LogP contribution in [0.15, 0.2) is 65.8 Å². The number of nitrogens with zero attached hydrogens (tertiary/aromatic N) is 3. The predicted octanol–water partition coefficient (Wildman–Crippen LogP) is 4.29. The van der Waals surface area contributed by atoms with Crippen LogP contribution in [0.25, 0.3) is 17.5 Å². The average Bonchev–Trinajstić information content (AvgIpc) is 2.94.